The first-order chi connectivity index (χ1) is 10.1. The lowest BCUT2D eigenvalue weighted by Crippen LogP contribution is -2.51. The van der Waals surface area contributed by atoms with Crippen molar-refractivity contribution in [2.75, 3.05) is 7.11 Å². The number of ether oxygens (including phenoxy) is 1. The number of nitrogens with zero attached hydrogens (tertiary/aromatic N) is 1. The Morgan fingerprint density at radius 1 is 1.24 bits per heavy atom. The highest BCUT2D eigenvalue weighted by atomic mass is 16.5. The molecule has 5 heteroatoms. The summed E-state index contributed by atoms with van der Waals surface area (Å²) in [5, 5.41) is 9.48. The van der Waals surface area contributed by atoms with Crippen molar-refractivity contribution in [2.24, 2.45) is 5.92 Å². The van der Waals surface area contributed by atoms with Crippen LogP contribution in [0.5, 0.6) is 0 Å². The Kier molecular flexibility index (Phi) is 3.95. The third-order valence-corrected chi connectivity index (χ3v) is 5.83. The summed E-state index contributed by atoms with van der Waals surface area (Å²) in [4.78, 5) is 26.0. The molecule has 3 aliphatic rings. The highest BCUT2D eigenvalue weighted by Crippen LogP contribution is 2.43. The van der Waals surface area contributed by atoms with Crippen LogP contribution in [-0.4, -0.2) is 46.7 Å². The van der Waals surface area contributed by atoms with Gasteiger partial charge in [0.15, 0.2) is 0 Å². The Hall–Kier alpha value is -1.10. The van der Waals surface area contributed by atoms with Gasteiger partial charge in [-0.15, -0.1) is 0 Å². The summed E-state index contributed by atoms with van der Waals surface area (Å²) in [6.45, 7) is 0. The van der Waals surface area contributed by atoms with E-state index in [1.807, 2.05) is 0 Å². The number of hydrogen-bond donors (Lipinski definition) is 1. The van der Waals surface area contributed by atoms with Crippen LogP contribution in [-0.2, 0) is 14.3 Å². The minimum Gasteiger partial charge on any atom is -0.480 e. The predicted octanol–water partition coefficient (Wildman–Crippen LogP) is 2.19. The van der Waals surface area contributed by atoms with Crippen LogP contribution in [0.25, 0.3) is 0 Å². The Morgan fingerprint density at radius 3 is 2.52 bits per heavy atom. The van der Waals surface area contributed by atoms with Gasteiger partial charge in [-0.2, -0.15) is 0 Å². The van der Waals surface area contributed by atoms with Crippen LogP contribution in [0.2, 0.25) is 0 Å². The van der Waals surface area contributed by atoms with Gasteiger partial charge < -0.3 is 14.7 Å². The Bertz CT molecular complexity index is 426. The van der Waals surface area contributed by atoms with Crippen LogP contribution >= 0.6 is 0 Å². The van der Waals surface area contributed by atoms with Crippen molar-refractivity contribution < 1.29 is 19.4 Å². The largest absolute Gasteiger partial charge is 0.480 e. The Morgan fingerprint density at radius 2 is 1.95 bits per heavy atom. The summed E-state index contributed by atoms with van der Waals surface area (Å²) in [5.74, 6) is -0.486. The topological polar surface area (TPSA) is 66.8 Å². The van der Waals surface area contributed by atoms with Gasteiger partial charge in [0, 0.05) is 13.2 Å². The Labute approximate surface area is 125 Å². The normalized spacial score (nSPS) is 34.1. The molecular formula is C16H25NO4. The van der Waals surface area contributed by atoms with Gasteiger partial charge in [0.1, 0.15) is 6.04 Å². The number of rotatable bonds is 4. The summed E-state index contributed by atoms with van der Waals surface area (Å²) in [7, 11) is 1.66. The molecule has 0 radical (unpaired) electrons. The average molecular weight is 295 g/mol. The maximum atomic E-state index is 12.8. The fourth-order valence-electron chi connectivity index (χ4n) is 4.43. The van der Waals surface area contributed by atoms with Crippen molar-refractivity contribution in [1.29, 1.82) is 0 Å². The first-order valence-corrected chi connectivity index (χ1v) is 8.15. The molecule has 2 saturated carbocycles. The smallest absolute Gasteiger partial charge is 0.326 e. The van der Waals surface area contributed by atoms with E-state index in [1.165, 1.54) is 0 Å². The second-order valence-corrected chi connectivity index (χ2v) is 6.92. The molecule has 2 aliphatic carbocycles. The van der Waals surface area contributed by atoms with Crippen LogP contribution in [0.3, 0.4) is 0 Å². The van der Waals surface area contributed by atoms with Gasteiger partial charge in [-0.05, 0) is 44.4 Å². The third-order valence-electron chi connectivity index (χ3n) is 5.83. The number of carboxylic acid groups (broad SMARTS) is 1. The molecule has 0 aromatic carbocycles. The molecular weight excluding hydrogens is 270 g/mol. The lowest BCUT2D eigenvalue weighted by Gasteiger charge is -2.42. The SMILES string of the molecule is COC1(CC(=O)N2C(C(=O)O)CC3CCCCC32)CCC1. The Balaban J connectivity index is 1.76. The zero-order valence-corrected chi connectivity index (χ0v) is 12.7. The van der Waals surface area contributed by atoms with Crippen molar-refractivity contribution in [1.82, 2.24) is 4.90 Å². The van der Waals surface area contributed by atoms with Crippen molar-refractivity contribution >= 4 is 11.9 Å². The number of carbonyl (C=O) groups excluding carboxylic acids is 1. The van der Waals surface area contributed by atoms with Gasteiger partial charge in [-0.3, -0.25) is 4.79 Å². The minimum absolute atomic E-state index is 0.0154. The molecule has 118 valence electrons. The van der Waals surface area contributed by atoms with Gasteiger partial charge in [-0.1, -0.05) is 12.8 Å². The molecule has 0 spiro atoms. The molecule has 3 atom stereocenters. The minimum atomic E-state index is -0.849. The number of amides is 1. The van der Waals surface area contributed by atoms with E-state index in [1.54, 1.807) is 12.0 Å². The van der Waals surface area contributed by atoms with Gasteiger partial charge in [0.2, 0.25) is 5.91 Å². The van der Waals surface area contributed by atoms with E-state index >= 15 is 0 Å². The van der Waals surface area contributed by atoms with E-state index in [-0.39, 0.29) is 17.6 Å². The van der Waals surface area contributed by atoms with Crippen LogP contribution in [0.1, 0.15) is 57.8 Å². The van der Waals surface area contributed by atoms with E-state index in [9.17, 15) is 14.7 Å². The summed E-state index contributed by atoms with van der Waals surface area (Å²) in [6, 6.07) is -0.485. The van der Waals surface area contributed by atoms with Crippen LogP contribution in [0.4, 0.5) is 0 Å². The molecule has 3 rings (SSSR count). The monoisotopic (exact) mass is 295 g/mol. The molecule has 5 nitrogen and oxygen atoms in total. The quantitative estimate of drug-likeness (QED) is 0.863. The fraction of sp³-hybridized carbons (Fsp3) is 0.875. The van der Waals surface area contributed by atoms with Gasteiger partial charge in [0.05, 0.1) is 12.0 Å². The molecule has 1 N–H and O–H groups in total. The van der Waals surface area contributed by atoms with E-state index in [2.05, 4.69) is 0 Å². The van der Waals surface area contributed by atoms with Crippen LogP contribution in [0.15, 0.2) is 0 Å². The molecule has 1 saturated heterocycles. The number of fused-ring (bicyclic) bond motifs is 1. The number of hydrogen-bond acceptors (Lipinski definition) is 3. The lowest BCUT2D eigenvalue weighted by atomic mass is 9.77. The standard InChI is InChI=1S/C16H25NO4/c1-21-16(7-4-8-16)10-14(18)17-12-6-3-2-5-11(12)9-13(17)15(19)20/h11-13H,2-10H2,1H3,(H,19,20). The van der Waals surface area contributed by atoms with Gasteiger partial charge in [0.25, 0.3) is 0 Å². The molecule has 1 aliphatic heterocycles. The fourth-order valence-corrected chi connectivity index (χ4v) is 4.43. The summed E-state index contributed by atoms with van der Waals surface area (Å²) < 4.78 is 5.54. The van der Waals surface area contributed by atoms with Crippen molar-refractivity contribution in [3.05, 3.63) is 0 Å². The van der Waals surface area contributed by atoms with Crippen molar-refractivity contribution in [2.45, 2.75) is 75.5 Å². The van der Waals surface area contributed by atoms with Gasteiger partial charge >= 0.3 is 5.97 Å². The first kappa shape index (κ1) is 14.8. The van der Waals surface area contributed by atoms with Crippen LogP contribution in [0, 0.1) is 5.92 Å². The average Bonchev–Trinajstić information content (AvgIpc) is 2.82. The molecule has 3 unspecified atom stereocenters. The zero-order valence-electron chi connectivity index (χ0n) is 12.7. The highest BCUT2D eigenvalue weighted by molar-refractivity contribution is 5.85. The van der Waals surface area contributed by atoms with Gasteiger partial charge in [-0.25, -0.2) is 4.79 Å². The third kappa shape index (κ3) is 2.56. The summed E-state index contributed by atoms with van der Waals surface area (Å²) in [6.07, 6.45) is 8.18. The molecule has 0 aromatic heterocycles. The van der Waals surface area contributed by atoms with Crippen molar-refractivity contribution in [3.63, 3.8) is 0 Å². The number of methoxy groups -OCH3 is 1. The summed E-state index contributed by atoms with van der Waals surface area (Å²) in [5.41, 5.74) is -0.326. The number of likely N-dealkylation sites (tertiary alicyclic amines) is 1. The first-order valence-electron chi connectivity index (χ1n) is 8.15. The molecule has 3 fully saturated rings. The zero-order chi connectivity index (χ0) is 15.0. The highest BCUT2D eigenvalue weighted by Gasteiger charge is 2.49. The maximum Gasteiger partial charge on any atom is 0.326 e. The van der Waals surface area contributed by atoms with Crippen LogP contribution < -0.4 is 0 Å². The second-order valence-electron chi connectivity index (χ2n) is 6.92. The van der Waals surface area contributed by atoms with E-state index in [0.29, 0.717) is 18.8 Å². The van der Waals surface area contributed by atoms with E-state index < -0.39 is 12.0 Å². The lowest BCUT2D eigenvalue weighted by molar-refractivity contribution is -0.156. The molecule has 0 bridgehead atoms. The number of aliphatic carboxylic acids is 1. The molecule has 1 amide bonds. The van der Waals surface area contributed by atoms with E-state index in [4.69, 9.17) is 4.74 Å². The molecule has 21 heavy (non-hydrogen) atoms. The number of carbonyl (C=O) groups is 2. The van der Waals surface area contributed by atoms with E-state index in [0.717, 1.165) is 44.9 Å². The maximum absolute atomic E-state index is 12.8. The van der Waals surface area contributed by atoms with Crippen molar-refractivity contribution in [3.8, 4) is 0 Å². The molecule has 1 heterocycles. The second kappa shape index (κ2) is 5.59. The molecule has 0 aromatic rings. The number of carboxylic acids is 1. The summed E-state index contributed by atoms with van der Waals surface area (Å²) >= 11 is 0. The predicted molar refractivity (Wildman–Crippen MR) is 76.8 cm³/mol.